The van der Waals surface area contributed by atoms with Crippen molar-refractivity contribution in [3.63, 3.8) is 0 Å². The average molecular weight is 213 g/mol. The van der Waals surface area contributed by atoms with Crippen LogP contribution in [0.3, 0.4) is 0 Å². The molecule has 1 heterocycles. The molecule has 0 saturated heterocycles. The summed E-state index contributed by atoms with van der Waals surface area (Å²) in [5.41, 5.74) is -0.899. The largest absolute Gasteiger partial charge is 0.496 e. The Labute approximate surface area is 85.3 Å². The Kier molecular flexibility index (Phi) is 2.69. The topological polar surface area (TPSA) is 88.8 Å². The van der Waals surface area contributed by atoms with E-state index in [1.807, 2.05) is 0 Å². The van der Waals surface area contributed by atoms with Crippen LogP contribution in [-0.4, -0.2) is 28.1 Å². The Morgan fingerprint density at radius 1 is 1.33 bits per heavy atom. The number of hydrogen-bond acceptors (Lipinski definition) is 4. The third-order valence-electron chi connectivity index (χ3n) is 2.17. The maximum atomic E-state index is 11.4. The van der Waals surface area contributed by atoms with Crippen LogP contribution >= 0.6 is 0 Å². The van der Waals surface area contributed by atoms with Gasteiger partial charge in [0.05, 0.1) is 12.7 Å². The lowest BCUT2D eigenvalue weighted by atomic mass is 10.1. The van der Waals surface area contributed by atoms with Gasteiger partial charge in [-0.25, -0.2) is 4.79 Å². The number of nitrogens with zero attached hydrogens (tertiary/aromatic N) is 1. The van der Waals surface area contributed by atoms with Crippen LogP contribution in [0.25, 0.3) is 0 Å². The molecule has 0 aliphatic rings. The van der Waals surface area contributed by atoms with Crippen LogP contribution in [0.1, 0.15) is 21.6 Å². The van der Waals surface area contributed by atoms with Crippen molar-refractivity contribution in [2.75, 3.05) is 7.11 Å². The second-order valence-corrected chi connectivity index (χ2v) is 3.05. The zero-order valence-corrected chi connectivity index (χ0v) is 8.57. The van der Waals surface area contributed by atoms with Crippen molar-refractivity contribution in [3.05, 3.63) is 27.2 Å². The van der Waals surface area contributed by atoms with E-state index in [1.54, 1.807) is 0 Å². The monoisotopic (exact) mass is 213 g/mol. The molecule has 0 atom stereocenters. The van der Waals surface area contributed by atoms with E-state index >= 15 is 0 Å². The van der Waals surface area contributed by atoms with Crippen molar-refractivity contribution in [2.24, 2.45) is 0 Å². The molecular formula is C9H11NO5. The maximum Gasteiger partial charge on any atom is 0.356 e. The van der Waals surface area contributed by atoms with Crippen molar-refractivity contribution in [1.82, 2.24) is 4.73 Å². The molecule has 1 aromatic heterocycles. The number of carbonyl (C=O) groups is 1. The average Bonchev–Trinajstić information content (AvgIpc) is 2.15. The van der Waals surface area contributed by atoms with Gasteiger partial charge >= 0.3 is 5.97 Å². The highest BCUT2D eigenvalue weighted by atomic mass is 16.5. The lowest BCUT2D eigenvalue weighted by molar-refractivity contribution is 0.0631. The quantitative estimate of drug-likeness (QED) is 0.694. The smallest absolute Gasteiger partial charge is 0.356 e. The predicted molar refractivity (Wildman–Crippen MR) is 50.9 cm³/mol. The maximum absolute atomic E-state index is 11.4. The highest BCUT2D eigenvalue weighted by molar-refractivity contribution is 5.88. The van der Waals surface area contributed by atoms with Crippen LogP contribution in [-0.2, 0) is 0 Å². The Hall–Kier alpha value is -1.98. The minimum absolute atomic E-state index is 0.121. The van der Waals surface area contributed by atoms with E-state index in [0.717, 1.165) is 0 Å². The first-order chi connectivity index (χ1) is 6.91. The zero-order valence-electron chi connectivity index (χ0n) is 8.57. The molecular weight excluding hydrogens is 202 g/mol. The predicted octanol–water partition coefficient (Wildman–Crippen LogP) is 0.409. The lowest BCUT2D eigenvalue weighted by Crippen LogP contribution is -2.28. The van der Waals surface area contributed by atoms with Gasteiger partial charge in [0.25, 0.3) is 5.56 Å². The number of aromatic carboxylic acids is 1. The van der Waals surface area contributed by atoms with Gasteiger partial charge in [-0.05, 0) is 13.8 Å². The molecule has 6 heteroatoms. The van der Waals surface area contributed by atoms with Crippen molar-refractivity contribution in [1.29, 1.82) is 0 Å². The summed E-state index contributed by atoms with van der Waals surface area (Å²) < 4.78 is 5.04. The zero-order chi connectivity index (χ0) is 11.7. The Balaban J connectivity index is 3.76. The van der Waals surface area contributed by atoms with Gasteiger partial charge in [0, 0.05) is 5.56 Å². The fourth-order valence-corrected chi connectivity index (χ4v) is 1.46. The normalized spacial score (nSPS) is 10.1. The Morgan fingerprint density at radius 2 is 1.87 bits per heavy atom. The van der Waals surface area contributed by atoms with Gasteiger partial charge in [-0.1, -0.05) is 0 Å². The summed E-state index contributed by atoms with van der Waals surface area (Å²) in [6.45, 7) is 2.91. The lowest BCUT2D eigenvalue weighted by Gasteiger charge is -2.12. The van der Waals surface area contributed by atoms with Crippen molar-refractivity contribution >= 4 is 5.97 Å². The summed E-state index contributed by atoms with van der Waals surface area (Å²) in [6.07, 6.45) is 0. The van der Waals surface area contributed by atoms with E-state index in [4.69, 9.17) is 9.84 Å². The molecule has 0 aromatic carbocycles. The van der Waals surface area contributed by atoms with Crippen LogP contribution in [0.4, 0.5) is 0 Å². The van der Waals surface area contributed by atoms with E-state index < -0.39 is 17.2 Å². The minimum Gasteiger partial charge on any atom is -0.496 e. The van der Waals surface area contributed by atoms with Crippen molar-refractivity contribution in [2.45, 2.75) is 13.8 Å². The van der Waals surface area contributed by atoms with Gasteiger partial charge in [-0.3, -0.25) is 4.79 Å². The van der Waals surface area contributed by atoms with Gasteiger partial charge in [0.1, 0.15) is 5.75 Å². The van der Waals surface area contributed by atoms with E-state index in [0.29, 0.717) is 0 Å². The minimum atomic E-state index is -1.38. The van der Waals surface area contributed by atoms with Crippen LogP contribution < -0.4 is 10.3 Å². The first-order valence-corrected chi connectivity index (χ1v) is 4.14. The van der Waals surface area contributed by atoms with E-state index in [1.165, 1.54) is 21.0 Å². The van der Waals surface area contributed by atoms with Gasteiger partial charge in [-0.2, -0.15) is 0 Å². The number of rotatable bonds is 2. The molecule has 0 saturated carbocycles. The molecule has 0 spiro atoms. The molecule has 0 bridgehead atoms. The summed E-state index contributed by atoms with van der Waals surface area (Å²) in [5.74, 6) is -1.20. The van der Waals surface area contributed by atoms with Crippen LogP contribution in [0.2, 0.25) is 0 Å². The number of methoxy groups -OCH3 is 1. The first-order valence-electron chi connectivity index (χ1n) is 4.14. The molecule has 1 rings (SSSR count). The fourth-order valence-electron chi connectivity index (χ4n) is 1.46. The molecule has 0 aliphatic heterocycles. The fraction of sp³-hybridized carbons (Fsp3) is 0.333. The van der Waals surface area contributed by atoms with E-state index in [2.05, 4.69) is 0 Å². The number of ether oxygens (including phenoxy) is 1. The molecule has 1 aromatic rings. The van der Waals surface area contributed by atoms with Crippen LogP contribution in [0, 0.1) is 13.8 Å². The third-order valence-corrected chi connectivity index (χ3v) is 2.17. The highest BCUT2D eigenvalue weighted by Gasteiger charge is 2.21. The van der Waals surface area contributed by atoms with Crippen molar-refractivity contribution < 1.29 is 19.8 Å². The standard InChI is InChI=1S/C9H11NO5/c1-4-6(9(12)13)10(14)8(11)5(2)7(4)15-3/h14H,1-3H3,(H,12,13). The van der Waals surface area contributed by atoms with E-state index in [-0.39, 0.29) is 21.6 Å². The van der Waals surface area contributed by atoms with Crippen molar-refractivity contribution in [3.8, 4) is 5.75 Å². The van der Waals surface area contributed by atoms with Gasteiger partial charge in [0.15, 0.2) is 5.69 Å². The summed E-state index contributed by atoms with van der Waals surface area (Å²) in [5, 5.41) is 18.1. The molecule has 0 aliphatic carbocycles. The van der Waals surface area contributed by atoms with Crippen LogP contribution in [0.5, 0.6) is 5.75 Å². The Bertz CT molecular complexity index is 474. The van der Waals surface area contributed by atoms with Gasteiger partial charge < -0.3 is 15.1 Å². The number of carboxylic acids is 1. The first kappa shape index (κ1) is 11.1. The number of aromatic nitrogens is 1. The molecule has 6 nitrogen and oxygen atoms in total. The van der Waals surface area contributed by atoms with Gasteiger partial charge in [-0.15, -0.1) is 4.73 Å². The number of pyridine rings is 1. The Morgan fingerprint density at radius 3 is 2.27 bits per heavy atom. The molecule has 0 fully saturated rings. The molecule has 15 heavy (non-hydrogen) atoms. The summed E-state index contributed by atoms with van der Waals surface area (Å²) in [7, 11) is 1.34. The second-order valence-electron chi connectivity index (χ2n) is 3.05. The second kappa shape index (κ2) is 3.64. The molecule has 0 unspecified atom stereocenters. The SMILES string of the molecule is COc1c(C)c(C(=O)O)n(O)c(=O)c1C. The number of carboxylic acid groups (broad SMARTS) is 1. The molecule has 0 radical (unpaired) electrons. The highest BCUT2D eigenvalue weighted by Crippen LogP contribution is 2.22. The third kappa shape index (κ3) is 1.54. The summed E-state index contributed by atoms with van der Waals surface area (Å²) in [6, 6.07) is 0. The molecule has 82 valence electrons. The van der Waals surface area contributed by atoms with Crippen LogP contribution in [0.15, 0.2) is 4.79 Å². The summed E-state index contributed by atoms with van der Waals surface area (Å²) >= 11 is 0. The molecule has 2 N–H and O–H groups in total. The summed E-state index contributed by atoms with van der Waals surface area (Å²) in [4.78, 5) is 22.2. The molecule has 0 amide bonds. The number of hydrogen-bond donors (Lipinski definition) is 2. The van der Waals surface area contributed by atoms with Gasteiger partial charge in [0.2, 0.25) is 0 Å². The van der Waals surface area contributed by atoms with E-state index in [9.17, 15) is 14.8 Å².